The highest BCUT2D eigenvalue weighted by molar-refractivity contribution is 5.16. The number of rotatable bonds is 1. The summed E-state index contributed by atoms with van der Waals surface area (Å²) in [7, 11) is 0. The average Bonchev–Trinajstić information content (AvgIpc) is 1.90. The van der Waals surface area contributed by atoms with Gasteiger partial charge in [-0.05, 0) is 18.6 Å². The quantitative estimate of drug-likeness (QED) is 0.603. The van der Waals surface area contributed by atoms with Gasteiger partial charge in [0.25, 0.3) is 0 Å². The SMILES string of the molecule is Cc1ccc(C2COC2)nc1. The number of aryl methyl sites for hydroxylation is 1. The molecule has 1 aromatic heterocycles. The number of ether oxygens (including phenoxy) is 1. The molecule has 2 heterocycles. The van der Waals surface area contributed by atoms with Crippen molar-refractivity contribution in [1.82, 2.24) is 4.98 Å². The van der Waals surface area contributed by atoms with Gasteiger partial charge < -0.3 is 4.74 Å². The Labute approximate surface area is 66.2 Å². The average molecular weight is 149 g/mol. The van der Waals surface area contributed by atoms with Crippen molar-refractivity contribution in [2.75, 3.05) is 13.2 Å². The van der Waals surface area contributed by atoms with Crippen LogP contribution in [0, 0.1) is 6.92 Å². The van der Waals surface area contributed by atoms with Crippen LogP contribution in [-0.2, 0) is 4.74 Å². The molecule has 0 unspecified atom stereocenters. The number of hydrogen-bond acceptors (Lipinski definition) is 2. The molecule has 11 heavy (non-hydrogen) atoms. The summed E-state index contributed by atoms with van der Waals surface area (Å²) in [4.78, 5) is 4.32. The normalized spacial score (nSPS) is 17.9. The van der Waals surface area contributed by atoms with Gasteiger partial charge in [0.05, 0.1) is 13.2 Å². The molecule has 1 fully saturated rings. The molecule has 0 saturated carbocycles. The Kier molecular flexibility index (Phi) is 1.62. The number of aromatic nitrogens is 1. The second-order valence-electron chi connectivity index (χ2n) is 2.99. The minimum Gasteiger partial charge on any atom is -0.380 e. The Bertz CT molecular complexity index is 238. The molecule has 1 saturated heterocycles. The van der Waals surface area contributed by atoms with E-state index in [2.05, 4.69) is 17.1 Å². The zero-order chi connectivity index (χ0) is 7.68. The van der Waals surface area contributed by atoms with Gasteiger partial charge in [0, 0.05) is 17.8 Å². The van der Waals surface area contributed by atoms with Gasteiger partial charge in [-0.25, -0.2) is 0 Å². The molecule has 1 aliphatic rings. The van der Waals surface area contributed by atoms with E-state index in [4.69, 9.17) is 4.74 Å². The molecule has 2 nitrogen and oxygen atoms in total. The first-order chi connectivity index (χ1) is 5.36. The highest BCUT2D eigenvalue weighted by Gasteiger charge is 2.20. The molecule has 0 N–H and O–H groups in total. The standard InChI is InChI=1S/C9H11NO/c1-7-2-3-9(10-4-7)8-5-11-6-8/h2-4,8H,5-6H2,1H3. The Morgan fingerprint density at radius 2 is 2.27 bits per heavy atom. The van der Waals surface area contributed by atoms with Crippen molar-refractivity contribution in [1.29, 1.82) is 0 Å². The summed E-state index contributed by atoms with van der Waals surface area (Å²) in [6.45, 7) is 3.74. The largest absolute Gasteiger partial charge is 0.380 e. The van der Waals surface area contributed by atoms with Crippen LogP contribution in [0.5, 0.6) is 0 Å². The molecule has 0 radical (unpaired) electrons. The highest BCUT2D eigenvalue weighted by Crippen LogP contribution is 2.21. The van der Waals surface area contributed by atoms with Gasteiger partial charge in [-0.15, -0.1) is 0 Å². The van der Waals surface area contributed by atoms with Crippen molar-refractivity contribution in [2.24, 2.45) is 0 Å². The van der Waals surface area contributed by atoms with Crippen LogP contribution in [-0.4, -0.2) is 18.2 Å². The molecule has 2 rings (SSSR count). The summed E-state index contributed by atoms with van der Waals surface area (Å²) < 4.78 is 5.08. The van der Waals surface area contributed by atoms with Crippen LogP contribution in [0.2, 0.25) is 0 Å². The van der Waals surface area contributed by atoms with Gasteiger partial charge in [0.15, 0.2) is 0 Å². The summed E-state index contributed by atoms with van der Waals surface area (Å²) in [6, 6.07) is 4.18. The number of nitrogens with zero attached hydrogens (tertiary/aromatic N) is 1. The fourth-order valence-electron chi connectivity index (χ4n) is 1.13. The third-order valence-corrected chi connectivity index (χ3v) is 1.99. The van der Waals surface area contributed by atoms with Crippen LogP contribution >= 0.6 is 0 Å². The van der Waals surface area contributed by atoms with Crippen LogP contribution in [0.15, 0.2) is 18.3 Å². The van der Waals surface area contributed by atoms with Gasteiger partial charge in [-0.1, -0.05) is 6.07 Å². The monoisotopic (exact) mass is 149 g/mol. The van der Waals surface area contributed by atoms with Gasteiger partial charge in [0.1, 0.15) is 0 Å². The lowest BCUT2D eigenvalue weighted by Crippen LogP contribution is -2.25. The Morgan fingerprint density at radius 1 is 1.45 bits per heavy atom. The maximum absolute atomic E-state index is 5.08. The summed E-state index contributed by atoms with van der Waals surface area (Å²) >= 11 is 0. The van der Waals surface area contributed by atoms with Crippen LogP contribution in [0.1, 0.15) is 17.2 Å². The van der Waals surface area contributed by atoms with E-state index in [-0.39, 0.29) is 0 Å². The first kappa shape index (κ1) is 6.80. The van der Waals surface area contributed by atoms with E-state index in [1.807, 2.05) is 13.1 Å². The summed E-state index contributed by atoms with van der Waals surface area (Å²) in [5, 5.41) is 0. The van der Waals surface area contributed by atoms with Gasteiger partial charge in [-0.2, -0.15) is 0 Å². The molecular weight excluding hydrogens is 138 g/mol. The molecule has 58 valence electrons. The zero-order valence-corrected chi connectivity index (χ0v) is 6.58. The minimum atomic E-state index is 0.551. The summed E-state index contributed by atoms with van der Waals surface area (Å²) in [6.07, 6.45) is 1.91. The van der Waals surface area contributed by atoms with E-state index in [0.29, 0.717) is 5.92 Å². The second-order valence-corrected chi connectivity index (χ2v) is 2.99. The lowest BCUT2D eigenvalue weighted by molar-refractivity contribution is 0.00671. The molecule has 2 heteroatoms. The smallest absolute Gasteiger partial charge is 0.0572 e. The van der Waals surface area contributed by atoms with E-state index in [9.17, 15) is 0 Å². The van der Waals surface area contributed by atoms with E-state index < -0.39 is 0 Å². The van der Waals surface area contributed by atoms with Crippen molar-refractivity contribution >= 4 is 0 Å². The summed E-state index contributed by atoms with van der Waals surface area (Å²) in [5.41, 5.74) is 2.39. The summed E-state index contributed by atoms with van der Waals surface area (Å²) in [5.74, 6) is 0.551. The fourth-order valence-corrected chi connectivity index (χ4v) is 1.13. The molecule has 0 bridgehead atoms. The molecule has 0 atom stereocenters. The molecule has 1 aliphatic heterocycles. The van der Waals surface area contributed by atoms with E-state index >= 15 is 0 Å². The van der Waals surface area contributed by atoms with Crippen LogP contribution < -0.4 is 0 Å². The van der Waals surface area contributed by atoms with Gasteiger partial charge >= 0.3 is 0 Å². The topological polar surface area (TPSA) is 22.1 Å². The van der Waals surface area contributed by atoms with Crippen LogP contribution in [0.3, 0.4) is 0 Å². The van der Waals surface area contributed by atoms with Crippen molar-refractivity contribution in [2.45, 2.75) is 12.8 Å². The van der Waals surface area contributed by atoms with E-state index in [1.54, 1.807) is 0 Å². The lowest BCUT2D eigenvalue weighted by atomic mass is 10.0. The molecule has 0 aliphatic carbocycles. The Hall–Kier alpha value is -0.890. The van der Waals surface area contributed by atoms with Crippen LogP contribution in [0.25, 0.3) is 0 Å². The lowest BCUT2D eigenvalue weighted by Gasteiger charge is -2.25. The molecule has 1 aromatic rings. The van der Waals surface area contributed by atoms with Crippen molar-refractivity contribution < 1.29 is 4.74 Å². The molecule has 0 aromatic carbocycles. The van der Waals surface area contributed by atoms with E-state index in [0.717, 1.165) is 13.2 Å². The first-order valence-corrected chi connectivity index (χ1v) is 3.86. The Balaban J connectivity index is 2.18. The predicted octanol–water partition coefficient (Wildman–Crippen LogP) is 1.50. The predicted molar refractivity (Wildman–Crippen MR) is 42.5 cm³/mol. The highest BCUT2D eigenvalue weighted by atomic mass is 16.5. The van der Waals surface area contributed by atoms with E-state index in [1.165, 1.54) is 11.3 Å². The maximum Gasteiger partial charge on any atom is 0.0572 e. The third kappa shape index (κ3) is 1.26. The van der Waals surface area contributed by atoms with Crippen molar-refractivity contribution in [3.8, 4) is 0 Å². The molecule has 0 amide bonds. The van der Waals surface area contributed by atoms with Crippen LogP contribution in [0.4, 0.5) is 0 Å². The fraction of sp³-hybridized carbons (Fsp3) is 0.444. The number of pyridine rings is 1. The maximum atomic E-state index is 5.08. The van der Waals surface area contributed by atoms with Crippen molar-refractivity contribution in [3.63, 3.8) is 0 Å². The molecule has 0 spiro atoms. The van der Waals surface area contributed by atoms with Gasteiger partial charge in [0.2, 0.25) is 0 Å². The molecular formula is C9H11NO. The second kappa shape index (κ2) is 2.62. The third-order valence-electron chi connectivity index (χ3n) is 1.99. The number of hydrogen-bond donors (Lipinski definition) is 0. The van der Waals surface area contributed by atoms with Gasteiger partial charge in [-0.3, -0.25) is 4.98 Å². The first-order valence-electron chi connectivity index (χ1n) is 3.86. The minimum absolute atomic E-state index is 0.551. The van der Waals surface area contributed by atoms with Crippen molar-refractivity contribution in [3.05, 3.63) is 29.6 Å². The Morgan fingerprint density at radius 3 is 2.73 bits per heavy atom. The zero-order valence-electron chi connectivity index (χ0n) is 6.58.